The van der Waals surface area contributed by atoms with Crippen molar-refractivity contribution in [2.24, 2.45) is 0 Å². The van der Waals surface area contributed by atoms with Crippen LogP contribution in [0.3, 0.4) is 0 Å². The first-order valence-electron chi connectivity index (χ1n) is 8.97. The molecule has 0 bridgehead atoms. The van der Waals surface area contributed by atoms with Gasteiger partial charge in [-0.25, -0.2) is 13.4 Å². The lowest BCUT2D eigenvalue weighted by Gasteiger charge is -2.32. The number of nitrogens with one attached hydrogen (secondary N) is 1. The van der Waals surface area contributed by atoms with Crippen molar-refractivity contribution in [2.75, 3.05) is 11.8 Å². The van der Waals surface area contributed by atoms with E-state index in [1.165, 1.54) is 18.5 Å². The van der Waals surface area contributed by atoms with E-state index in [4.69, 9.17) is 4.74 Å². The lowest BCUT2D eigenvalue weighted by atomic mass is 9.91. The Hall–Kier alpha value is -2.30. The minimum atomic E-state index is -3.79. The standard InChI is InChI=1S/C18H20N4O4S2/c1-26-16-5-3-2-4-15(16)22-14-8-7-13(10-12(14)6-9-17(22)23)28(24,25)21-18-19-11-20-27-18/h6-11,15-16H,2-5H2,1H3,(H,19,20,21)/t15?,16-/m0/s1. The van der Waals surface area contributed by atoms with Gasteiger partial charge in [0, 0.05) is 24.7 Å². The van der Waals surface area contributed by atoms with E-state index in [1.807, 2.05) is 0 Å². The number of rotatable bonds is 5. The average molecular weight is 421 g/mol. The zero-order valence-corrected chi connectivity index (χ0v) is 16.9. The van der Waals surface area contributed by atoms with Gasteiger partial charge in [-0.05, 0) is 42.5 Å². The minimum absolute atomic E-state index is 0.0282. The highest BCUT2D eigenvalue weighted by Crippen LogP contribution is 2.32. The molecule has 1 aliphatic rings. The van der Waals surface area contributed by atoms with Crippen LogP contribution in [0, 0.1) is 0 Å². The summed E-state index contributed by atoms with van der Waals surface area (Å²) in [6.07, 6.45) is 5.13. The van der Waals surface area contributed by atoms with Crippen LogP contribution in [0.25, 0.3) is 10.9 Å². The van der Waals surface area contributed by atoms with Crippen LogP contribution in [0.15, 0.2) is 46.3 Å². The summed E-state index contributed by atoms with van der Waals surface area (Å²) in [5, 5.41) is 0.885. The normalized spacial score (nSPS) is 20.3. The first-order chi connectivity index (χ1) is 13.5. The molecule has 2 aromatic heterocycles. The Morgan fingerprint density at radius 3 is 2.79 bits per heavy atom. The fraction of sp³-hybridized carbons (Fsp3) is 0.389. The van der Waals surface area contributed by atoms with Gasteiger partial charge in [0.2, 0.25) is 5.13 Å². The van der Waals surface area contributed by atoms with Gasteiger partial charge < -0.3 is 9.30 Å². The summed E-state index contributed by atoms with van der Waals surface area (Å²) < 4.78 is 38.8. The van der Waals surface area contributed by atoms with Crippen molar-refractivity contribution in [3.63, 3.8) is 0 Å². The van der Waals surface area contributed by atoms with Gasteiger partial charge in [0.25, 0.3) is 15.6 Å². The zero-order valence-electron chi connectivity index (χ0n) is 15.2. The molecule has 8 nitrogen and oxygen atoms in total. The van der Waals surface area contributed by atoms with Crippen LogP contribution in [-0.2, 0) is 14.8 Å². The van der Waals surface area contributed by atoms with Crippen LogP contribution < -0.4 is 10.3 Å². The Bertz CT molecular complexity index is 1140. The van der Waals surface area contributed by atoms with E-state index in [1.54, 1.807) is 29.9 Å². The molecular weight excluding hydrogens is 400 g/mol. The maximum Gasteiger partial charge on any atom is 0.263 e. The molecule has 3 aromatic rings. The SMILES string of the molecule is CO[C@H]1CCCCC1n1c(=O)ccc2cc(S(=O)(=O)Nc3ncns3)ccc21. The highest BCUT2D eigenvalue weighted by Gasteiger charge is 2.28. The molecule has 0 amide bonds. The van der Waals surface area contributed by atoms with E-state index in [9.17, 15) is 13.2 Å². The zero-order chi connectivity index (χ0) is 19.7. The Balaban J connectivity index is 1.77. The number of sulfonamides is 1. The van der Waals surface area contributed by atoms with Crippen molar-refractivity contribution in [3.05, 3.63) is 47.0 Å². The van der Waals surface area contributed by atoms with Crippen molar-refractivity contribution in [2.45, 2.75) is 42.7 Å². The van der Waals surface area contributed by atoms with Crippen LogP contribution in [0.2, 0.25) is 0 Å². The lowest BCUT2D eigenvalue weighted by molar-refractivity contribution is 0.0293. The average Bonchev–Trinajstić information content (AvgIpc) is 3.20. The van der Waals surface area contributed by atoms with Crippen molar-refractivity contribution < 1.29 is 13.2 Å². The highest BCUT2D eigenvalue weighted by molar-refractivity contribution is 7.93. The van der Waals surface area contributed by atoms with E-state index in [0.717, 1.165) is 37.2 Å². The highest BCUT2D eigenvalue weighted by atomic mass is 32.2. The Kier molecular flexibility index (Phi) is 5.17. The van der Waals surface area contributed by atoms with Crippen molar-refractivity contribution in [1.29, 1.82) is 0 Å². The monoisotopic (exact) mass is 420 g/mol. The van der Waals surface area contributed by atoms with Crippen LogP contribution in [-0.4, -0.2) is 35.6 Å². The number of aromatic nitrogens is 3. The summed E-state index contributed by atoms with van der Waals surface area (Å²) in [5.41, 5.74) is 0.598. The number of fused-ring (bicyclic) bond motifs is 1. The third-order valence-electron chi connectivity index (χ3n) is 5.10. The second-order valence-corrected chi connectivity index (χ2v) is 9.20. The van der Waals surface area contributed by atoms with Crippen LogP contribution in [0.5, 0.6) is 0 Å². The first kappa shape index (κ1) is 19.0. The summed E-state index contributed by atoms with van der Waals surface area (Å²) in [5.74, 6) is 0. The van der Waals surface area contributed by atoms with Crippen molar-refractivity contribution >= 4 is 37.6 Å². The van der Waals surface area contributed by atoms with Gasteiger partial charge in [-0.3, -0.25) is 9.52 Å². The third-order valence-corrected chi connectivity index (χ3v) is 7.14. The fourth-order valence-corrected chi connectivity index (χ4v) is 5.49. The van der Waals surface area contributed by atoms with E-state index in [2.05, 4.69) is 14.1 Å². The molecule has 0 saturated heterocycles. The number of benzene rings is 1. The molecule has 28 heavy (non-hydrogen) atoms. The molecule has 1 aliphatic carbocycles. The van der Waals surface area contributed by atoms with Gasteiger partial charge in [0.1, 0.15) is 6.33 Å². The molecule has 0 spiro atoms. The predicted octanol–water partition coefficient (Wildman–Crippen LogP) is 2.78. The maximum atomic E-state index is 12.7. The molecule has 4 rings (SSSR count). The number of hydrogen-bond donors (Lipinski definition) is 1. The van der Waals surface area contributed by atoms with Gasteiger partial charge >= 0.3 is 0 Å². The Morgan fingerprint density at radius 1 is 1.21 bits per heavy atom. The quantitative estimate of drug-likeness (QED) is 0.681. The van der Waals surface area contributed by atoms with Crippen molar-refractivity contribution in [1.82, 2.24) is 13.9 Å². The summed E-state index contributed by atoms with van der Waals surface area (Å²) in [4.78, 5) is 16.6. The molecule has 1 aromatic carbocycles. The Morgan fingerprint density at radius 2 is 2.04 bits per heavy atom. The number of hydrogen-bond acceptors (Lipinski definition) is 7. The summed E-state index contributed by atoms with van der Waals surface area (Å²) in [6.45, 7) is 0. The molecule has 2 heterocycles. The smallest absolute Gasteiger partial charge is 0.263 e. The molecule has 0 aliphatic heterocycles. The number of nitrogens with zero attached hydrogens (tertiary/aromatic N) is 3. The van der Waals surface area contributed by atoms with E-state index in [0.29, 0.717) is 10.9 Å². The van der Waals surface area contributed by atoms with Gasteiger partial charge in [-0.2, -0.15) is 4.37 Å². The molecule has 0 radical (unpaired) electrons. The van der Waals surface area contributed by atoms with E-state index >= 15 is 0 Å². The number of ether oxygens (including phenoxy) is 1. The largest absolute Gasteiger partial charge is 0.379 e. The summed E-state index contributed by atoms with van der Waals surface area (Å²) in [7, 11) is -2.12. The van der Waals surface area contributed by atoms with Crippen LogP contribution in [0.1, 0.15) is 31.7 Å². The number of methoxy groups -OCH3 is 1. The van der Waals surface area contributed by atoms with Crippen LogP contribution in [0.4, 0.5) is 5.13 Å². The second-order valence-electron chi connectivity index (χ2n) is 6.74. The van der Waals surface area contributed by atoms with E-state index < -0.39 is 10.0 Å². The molecule has 1 fully saturated rings. The van der Waals surface area contributed by atoms with Gasteiger partial charge in [0.05, 0.1) is 22.6 Å². The van der Waals surface area contributed by atoms with E-state index in [-0.39, 0.29) is 27.7 Å². The molecule has 148 valence electrons. The van der Waals surface area contributed by atoms with Crippen molar-refractivity contribution in [3.8, 4) is 0 Å². The summed E-state index contributed by atoms with van der Waals surface area (Å²) in [6, 6.07) is 7.84. The molecule has 1 N–H and O–H groups in total. The number of anilines is 1. The molecule has 10 heteroatoms. The maximum absolute atomic E-state index is 12.7. The molecular formula is C18H20N4O4S2. The van der Waals surface area contributed by atoms with Crippen LogP contribution >= 0.6 is 11.5 Å². The molecule has 2 atom stereocenters. The van der Waals surface area contributed by atoms with Gasteiger partial charge in [-0.1, -0.05) is 12.8 Å². The first-order valence-corrected chi connectivity index (χ1v) is 11.2. The topological polar surface area (TPSA) is 103 Å². The molecule has 1 saturated carbocycles. The summed E-state index contributed by atoms with van der Waals surface area (Å²) >= 11 is 0.963. The molecule has 1 unspecified atom stereocenters. The minimum Gasteiger partial charge on any atom is -0.379 e. The van der Waals surface area contributed by atoms with Gasteiger partial charge in [-0.15, -0.1) is 0 Å². The number of pyridine rings is 1. The predicted molar refractivity (Wildman–Crippen MR) is 107 cm³/mol. The fourth-order valence-electron chi connectivity index (χ4n) is 3.79. The second kappa shape index (κ2) is 7.61. The lowest BCUT2D eigenvalue weighted by Crippen LogP contribution is -2.35. The third kappa shape index (κ3) is 3.54. The Labute approximate surface area is 166 Å². The van der Waals surface area contributed by atoms with Gasteiger partial charge in [0.15, 0.2) is 0 Å².